The van der Waals surface area contributed by atoms with E-state index in [1.807, 2.05) is 0 Å². The van der Waals surface area contributed by atoms with Crippen LogP contribution in [0, 0.1) is 11.8 Å². The van der Waals surface area contributed by atoms with Crippen LogP contribution in [0.15, 0.2) is 11.1 Å². The first kappa shape index (κ1) is 14.7. The van der Waals surface area contributed by atoms with E-state index in [9.17, 15) is 0 Å². The quantitative estimate of drug-likeness (QED) is 0.481. The van der Waals surface area contributed by atoms with Gasteiger partial charge in [-0.3, -0.25) is 0 Å². The summed E-state index contributed by atoms with van der Waals surface area (Å²) in [5.41, 5.74) is 3.37. The molecule has 0 saturated heterocycles. The molecule has 0 radical (unpaired) electrons. The van der Waals surface area contributed by atoms with Gasteiger partial charge in [-0.15, -0.1) is 0 Å². The maximum Gasteiger partial charge on any atom is -0.0178 e. The predicted molar refractivity (Wildman–Crippen MR) is 71.1 cm³/mol. The maximum absolute atomic E-state index is 2.37. The van der Waals surface area contributed by atoms with Crippen LogP contribution >= 0.6 is 0 Å². The summed E-state index contributed by atoms with van der Waals surface area (Å²) in [5, 5.41) is 0. The van der Waals surface area contributed by atoms with Crippen LogP contribution in [0.2, 0.25) is 0 Å². The summed E-state index contributed by atoms with van der Waals surface area (Å²) in [6.07, 6.45) is 6.55. The van der Waals surface area contributed by atoms with Gasteiger partial charge in [-0.1, -0.05) is 58.6 Å². The van der Waals surface area contributed by atoms with Crippen molar-refractivity contribution in [1.29, 1.82) is 0 Å². The molecule has 0 nitrogen and oxygen atoms in total. The lowest BCUT2D eigenvalue weighted by molar-refractivity contribution is 0.391. The highest BCUT2D eigenvalue weighted by molar-refractivity contribution is 5.15. The van der Waals surface area contributed by atoms with Crippen molar-refractivity contribution in [3.8, 4) is 0 Å². The van der Waals surface area contributed by atoms with Gasteiger partial charge in [-0.25, -0.2) is 0 Å². The van der Waals surface area contributed by atoms with E-state index in [1.165, 1.54) is 32.1 Å². The van der Waals surface area contributed by atoms with Crippen molar-refractivity contribution in [3.05, 3.63) is 11.1 Å². The Morgan fingerprint density at radius 1 is 1.00 bits per heavy atom. The fourth-order valence-electron chi connectivity index (χ4n) is 2.44. The Labute approximate surface area is 97.2 Å². The molecule has 0 heterocycles. The maximum atomic E-state index is 2.37. The van der Waals surface area contributed by atoms with Crippen LogP contribution in [-0.2, 0) is 0 Å². The van der Waals surface area contributed by atoms with Crippen molar-refractivity contribution in [2.24, 2.45) is 11.8 Å². The Hall–Kier alpha value is -0.260. The zero-order valence-electron chi connectivity index (χ0n) is 11.7. The van der Waals surface area contributed by atoms with Gasteiger partial charge in [0.15, 0.2) is 0 Å². The van der Waals surface area contributed by atoms with Crippen molar-refractivity contribution in [2.75, 3.05) is 0 Å². The van der Waals surface area contributed by atoms with E-state index in [0.717, 1.165) is 11.8 Å². The fourth-order valence-corrected chi connectivity index (χ4v) is 2.44. The minimum Gasteiger partial charge on any atom is -0.0741 e. The largest absolute Gasteiger partial charge is 0.0741 e. The first-order valence-corrected chi connectivity index (χ1v) is 6.76. The van der Waals surface area contributed by atoms with E-state index in [2.05, 4.69) is 41.5 Å². The van der Waals surface area contributed by atoms with Crippen LogP contribution in [0.25, 0.3) is 0 Å². The third kappa shape index (κ3) is 4.86. The van der Waals surface area contributed by atoms with Crippen LogP contribution in [-0.4, -0.2) is 0 Å². The van der Waals surface area contributed by atoms with E-state index in [-0.39, 0.29) is 0 Å². The molecule has 0 saturated carbocycles. The number of hydrogen-bond donors (Lipinski definition) is 0. The molecule has 0 aliphatic carbocycles. The highest BCUT2D eigenvalue weighted by atomic mass is 14.2. The van der Waals surface area contributed by atoms with E-state index in [1.54, 1.807) is 11.1 Å². The summed E-state index contributed by atoms with van der Waals surface area (Å²) >= 11 is 0. The van der Waals surface area contributed by atoms with Gasteiger partial charge in [-0.2, -0.15) is 0 Å². The van der Waals surface area contributed by atoms with Crippen LogP contribution in [0.4, 0.5) is 0 Å². The molecule has 15 heavy (non-hydrogen) atoms. The number of hydrogen-bond acceptors (Lipinski definition) is 0. The van der Waals surface area contributed by atoms with Crippen molar-refractivity contribution in [2.45, 2.75) is 73.6 Å². The monoisotopic (exact) mass is 210 g/mol. The summed E-state index contributed by atoms with van der Waals surface area (Å²) in [4.78, 5) is 0. The average Bonchev–Trinajstić information content (AvgIpc) is 2.22. The first-order chi connectivity index (χ1) is 7.08. The Kier molecular flexibility index (Phi) is 7.82. The van der Waals surface area contributed by atoms with Crippen LogP contribution in [0.1, 0.15) is 73.6 Å². The third-order valence-corrected chi connectivity index (χ3v) is 3.58. The molecule has 90 valence electrons. The molecular weight excluding hydrogens is 180 g/mol. The predicted octanol–water partition coefficient (Wildman–Crippen LogP) is 5.59. The van der Waals surface area contributed by atoms with Gasteiger partial charge in [-0.05, 0) is 38.0 Å². The molecule has 0 aromatic carbocycles. The second kappa shape index (κ2) is 7.96. The van der Waals surface area contributed by atoms with Crippen LogP contribution < -0.4 is 0 Å². The Bertz CT molecular complexity index is 186. The summed E-state index contributed by atoms with van der Waals surface area (Å²) in [6, 6.07) is 0. The van der Waals surface area contributed by atoms with Gasteiger partial charge in [0.1, 0.15) is 0 Å². The smallest absolute Gasteiger partial charge is 0.0178 e. The van der Waals surface area contributed by atoms with Gasteiger partial charge in [0.25, 0.3) is 0 Å². The number of unbranched alkanes of at least 4 members (excludes halogenated alkanes) is 1. The van der Waals surface area contributed by atoms with Gasteiger partial charge in [0.2, 0.25) is 0 Å². The molecular formula is C15H30. The van der Waals surface area contributed by atoms with Crippen LogP contribution in [0.3, 0.4) is 0 Å². The summed E-state index contributed by atoms with van der Waals surface area (Å²) in [7, 11) is 0. The topological polar surface area (TPSA) is 0 Å². The normalized spacial score (nSPS) is 15.4. The molecule has 1 atom stereocenters. The zero-order chi connectivity index (χ0) is 11.8. The second-order valence-corrected chi connectivity index (χ2v) is 5.01. The summed E-state index contributed by atoms with van der Waals surface area (Å²) in [5.74, 6) is 1.63. The van der Waals surface area contributed by atoms with Gasteiger partial charge < -0.3 is 0 Å². The summed E-state index contributed by atoms with van der Waals surface area (Å²) < 4.78 is 0. The Morgan fingerprint density at radius 2 is 1.60 bits per heavy atom. The van der Waals surface area contributed by atoms with Gasteiger partial charge in [0.05, 0.1) is 0 Å². The van der Waals surface area contributed by atoms with E-state index < -0.39 is 0 Å². The molecule has 0 bridgehead atoms. The molecule has 0 amide bonds. The molecule has 0 aliphatic heterocycles. The third-order valence-electron chi connectivity index (χ3n) is 3.58. The fraction of sp³-hybridized carbons (Fsp3) is 0.867. The molecule has 0 N–H and O–H groups in total. The van der Waals surface area contributed by atoms with Crippen molar-refractivity contribution < 1.29 is 0 Å². The van der Waals surface area contributed by atoms with Crippen molar-refractivity contribution >= 4 is 0 Å². The molecule has 0 aromatic heterocycles. The van der Waals surface area contributed by atoms with Crippen LogP contribution in [0.5, 0.6) is 0 Å². The zero-order valence-corrected chi connectivity index (χ0v) is 11.7. The second-order valence-electron chi connectivity index (χ2n) is 5.01. The lowest BCUT2D eigenvalue weighted by Gasteiger charge is -2.25. The molecule has 0 heteroatoms. The molecule has 0 aromatic rings. The SMILES string of the molecule is CCCCC(C(CC)=C(C)CC)C(C)C. The minimum absolute atomic E-state index is 0.799. The molecule has 0 fully saturated rings. The Morgan fingerprint density at radius 3 is 1.93 bits per heavy atom. The highest BCUT2D eigenvalue weighted by Gasteiger charge is 2.17. The Balaban J connectivity index is 4.70. The van der Waals surface area contributed by atoms with Crippen molar-refractivity contribution in [3.63, 3.8) is 0 Å². The number of rotatable bonds is 7. The highest BCUT2D eigenvalue weighted by Crippen LogP contribution is 2.31. The molecule has 0 rings (SSSR count). The van der Waals surface area contributed by atoms with E-state index >= 15 is 0 Å². The van der Waals surface area contributed by atoms with Crippen molar-refractivity contribution in [1.82, 2.24) is 0 Å². The van der Waals surface area contributed by atoms with E-state index in [0.29, 0.717) is 0 Å². The number of allylic oxidation sites excluding steroid dienone is 2. The van der Waals surface area contributed by atoms with E-state index in [4.69, 9.17) is 0 Å². The molecule has 0 aliphatic rings. The molecule has 1 unspecified atom stereocenters. The molecule has 0 spiro atoms. The average molecular weight is 210 g/mol. The first-order valence-electron chi connectivity index (χ1n) is 6.76. The standard InChI is InChI=1S/C15H30/c1-7-10-11-15(12(4)5)14(9-3)13(6)8-2/h12,15H,7-11H2,1-6H3. The van der Waals surface area contributed by atoms with Gasteiger partial charge >= 0.3 is 0 Å². The lowest BCUT2D eigenvalue weighted by Crippen LogP contribution is -2.13. The summed E-state index contributed by atoms with van der Waals surface area (Å²) in [6.45, 7) is 14.0. The van der Waals surface area contributed by atoms with Gasteiger partial charge in [0, 0.05) is 0 Å². The lowest BCUT2D eigenvalue weighted by atomic mass is 9.80. The minimum atomic E-state index is 0.799.